The number of aliphatic hydroxyl groups is 1. The summed E-state index contributed by atoms with van der Waals surface area (Å²) in [5.41, 5.74) is 13.7. The normalized spacial score (nSPS) is 23.8. The van der Waals surface area contributed by atoms with E-state index in [-0.39, 0.29) is 0 Å². The first-order valence-electron chi connectivity index (χ1n) is 12.8. The average Bonchev–Trinajstić information content (AvgIpc) is 3.67. The highest BCUT2D eigenvalue weighted by Gasteiger charge is 2.58. The zero-order valence-electron chi connectivity index (χ0n) is 20.4. The molecule has 36 heavy (non-hydrogen) atoms. The Balaban J connectivity index is 1.35. The number of benzene rings is 2. The zero-order valence-corrected chi connectivity index (χ0v) is 20.4. The van der Waals surface area contributed by atoms with Gasteiger partial charge in [0, 0.05) is 23.1 Å². The lowest BCUT2D eigenvalue weighted by molar-refractivity contribution is -0.106. The predicted octanol–water partition coefficient (Wildman–Crippen LogP) is 5.26. The van der Waals surface area contributed by atoms with Gasteiger partial charge in [-0.25, -0.2) is 4.98 Å². The standard InChI is InChI=1S/C30H29N5O/c1-2-26-33-34-27-15-14-24-25(35(26)27)16-23(19-6-4-3-5-7-19)28(32-24)20-8-10-21(11-9-20)29(31)17-30(36,18-29)22-12-13-22/h3-11,14-16,22,36H,2,12-13,17-18,31H2,1H3/t29-,30-. The molecule has 3 aromatic heterocycles. The first-order valence-corrected chi connectivity index (χ1v) is 12.8. The molecule has 3 N–H and O–H groups in total. The number of hydrogen-bond acceptors (Lipinski definition) is 5. The smallest absolute Gasteiger partial charge is 0.161 e. The summed E-state index contributed by atoms with van der Waals surface area (Å²) in [6, 6.07) is 25.1. The van der Waals surface area contributed by atoms with E-state index in [2.05, 4.69) is 76.1 Å². The van der Waals surface area contributed by atoms with Crippen LogP contribution in [0.4, 0.5) is 0 Å². The third kappa shape index (κ3) is 3.29. The summed E-state index contributed by atoms with van der Waals surface area (Å²) in [4.78, 5) is 5.16. The molecule has 2 aliphatic carbocycles. The van der Waals surface area contributed by atoms with Gasteiger partial charge in [0.25, 0.3) is 0 Å². The molecule has 2 saturated carbocycles. The largest absolute Gasteiger partial charge is 0.389 e. The molecule has 2 aliphatic rings. The van der Waals surface area contributed by atoms with Crippen molar-refractivity contribution in [3.8, 4) is 22.4 Å². The maximum Gasteiger partial charge on any atom is 0.161 e. The molecule has 6 nitrogen and oxygen atoms in total. The molecule has 0 bridgehead atoms. The molecule has 0 spiro atoms. The summed E-state index contributed by atoms with van der Waals surface area (Å²) in [5.74, 6) is 1.36. The van der Waals surface area contributed by atoms with Gasteiger partial charge in [0.05, 0.1) is 22.3 Å². The Bertz CT molecular complexity index is 1600. The molecule has 0 atom stereocenters. The lowest BCUT2D eigenvalue weighted by Gasteiger charge is -2.52. The highest BCUT2D eigenvalue weighted by atomic mass is 16.3. The molecule has 0 aliphatic heterocycles. The van der Waals surface area contributed by atoms with Gasteiger partial charge in [-0.3, -0.25) is 4.40 Å². The Kier molecular flexibility index (Phi) is 4.63. The van der Waals surface area contributed by atoms with Crippen LogP contribution < -0.4 is 5.73 Å². The summed E-state index contributed by atoms with van der Waals surface area (Å²) in [6.45, 7) is 2.09. The van der Waals surface area contributed by atoms with Crippen LogP contribution in [0.3, 0.4) is 0 Å². The predicted molar refractivity (Wildman–Crippen MR) is 141 cm³/mol. The van der Waals surface area contributed by atoms with Crippen molar-refractivity contribution in [1.29, 1.82) is 0 Å². The van der Waals surface area contributed by atoms with E-state index in [0.717, 1.165) is 69.7 Å². The van der Waals surface area contributed by atoms with E-state index in [0.29, 0.717) is 18.8 Å². The lowest BCUT2D eigenvalue weighted by atomic mass is 9.60. The maximum absolute atomic E-state index is 10.8. The summed E-state index contributed by atoms with van der Waals surface area (Å²) in [5, 5.41) is 19.6. The molecule has 5 aromatic rings. The van der Waals surface area contributed by atoms with Crippen LogP contribution in [0.15, 0.2) is 72.8 Å². The number of aryl methyl sites for hydroxylation is 1. The average molecular weight is 476 g/mol. The lowest BCUT2D eigenvalue weighted by Crippen LogP contribution is -2.60. The minimum atomic E-state index is -0.571. The van der Waals surface area contributed by atoms with Crippen molar-refractivity contribution in [2.24, 2.45) is 11.7 Å². The van der Waals surface area contributed by atoms with E-state index >= 15 is 0 Å². The second-order valence-electron chi connectivity index (χ2n) is 10.6. The molecule has 0 unspecified atom stereocenters. The molecule has 0 saturated heterocycles. The zero-order chi connectivity index (χ0) is 24.5. The van der Waals surface area contributed by atoms with Gasteiger partial charge in [0.1, 0.15) is 5.82 Å². The van der Waals surface area contributed by atoms with Gasteiger partial charge >= 0.3 is 0 Å². The third-order valence-corrected chi connectivity index (χ3v) is 8.13. The SMILES string of the molecule is CCc1nnc2ccc3nc(-c4ccc([C@]5(N)C[C@@](O)(C6CC6)C5)cc4)c(-c4ccccc4)cc3n12. The van der Waals surface area contributed by atoms with E-state index in [1.807, 2.05) is 18.2 Å². The number of pyridine rings is 2. The summed E-state index contributed by atoms with van der Waals surface area (Å²) in [7, 11) is 0. The molecular formula is C30H29N5O. The number of aromatic nitrogens is 4. The molecule has 180 valence electrons. The highest BCUT2D eigenvalue weighted by molar-refractivity contribution is 5.91. The van der Waals surface area contributed by atoms with Gasteiger partial charge in [0.2, 0.25) is 0 Å². The van der Waals surface area contributed by atoms with Crippen molar-refractivity contribution in [2.45, 2.75) is 50.2 Å². The number of hydrogen-bond donors (Lipinski definition) is 2. The number of rotatable bonds is 5. The van der Waals surface area contributed by atoms with Crippen LogP contribution >= 0.6 is 0 Å². The fourth-order valence-electron chi connectivity index (χ4n) is 6.07. The third-order valence-electron chi connectivity index (χ3n) is 8.13. The molecule has 2 aromatic carbocycles. The number of fused-ring (bicyclic) bond motifs is 3. The van der Waals surface area contributed by atoms with Gasteiger partial charge in [-0.2, -0.15) is 0 Å². The first kappa shape index (κ1) is 21.7. The Morgan fingerprint density at radius 3 is 2.39 bits per heavy atom. The van der Waals surface area contributed by atoms with Crippen molar-refractivity contribution >= 4 is 16.7 Å². The van der Waals surface area contributed by atoms with Crippen LogP contribution in [-0.2, 0) is 12.0 Å². The van der Waals surface area contributed by atoms with E-state index < -0.39 is 11.1 Å². The highest BCUT2D eigenvalue weighted by Crippen LogP contribution is 2.57. The Hall–Kier alpha value is -3.61. The molecule has 2 fully saturated rings. The molecule has 6 heteroatoms. The van der Waals surface area contributed by atoms with Gasteiger partial charge in [-0.15, -0.1) is 10.2 Å². The van der Waals surface area contributed by atoms with Crippen LogP contribution in [0.25, 0.3) is 39.1 Å². The van der Waals surface area contributed by atoms with E-state index in [1.165, 1.54) is 0 Å². The Labute approximate surface area is 209 Å². The quantitative estimate of drug-likeness (QED) is 0.362. The van der Waals surface area contributed by atoms with Crippen LogP contribution in [-0.4, -0.2) is 30.3 Å². The van der Waals surface area contributed by atoms with Crippen molar-refractivity contribution < 1.29 is 5.11 Å². The van der Waals surface area contributed by atoms with Crippen molar-refractivity contribution in [1.82, 2.24) is 19.6 Å². The van der Waals surface area contributed by atoms with Gasteiger partial charge in [0.15, 0.2) is 5.65 Å². The van der Waals surface area contributed by atoms with Crippen molar-refractivity contribution in [3.63, 3.8) is 0 Å². The summed E-state index contributed by atoms with van der Waals surface area (Å²) in [6.07, 6.45) is 4.33. The fraction of sp³-hybridized carbons (Fsp3) is 0.300. The van der Waals surface area contributed by atoms with Crippen LogP contribution in [0.2, 0.25) is 0 Å². The molecule has 3 heterocycles. The van der Waals surface area contributed by atoms with Crippen LogP contribution in [0.1, 0.15) is 44.0 Å². The van der Waals surface area contributed by atoms with E-state index in [4.69, 9.17) is 10.7 Å². The minimum absolute atomic E-state index is 0.439. The minimum Gasteiger partial charge on any atom is -0.389 e. The molecule has 0 amide bonds. The van der Waals surface area contributed by atoms with Crippen molar-refractivity contribution in [3.05, 3.63) is 84.2 Å². The Morgan fingerprint density at radius 1 is 0.944 bits per heavy atom. The summed E-state index contributed by atoms with van der Waals surface area (Å²) >= 11 is 0. The van der Waals surface area contributed by atoms with Gasteiger partial charge in [-0.1, -0.05) is 61.5 Å². The monoisotopic (exact) mass is 475 g/mol. The van der Waals surface area contributed by atoms with Gasteiger partial charge in [-0.05, 0) is 60.9 Å². The molecular weight excluding hydrogens is 446 g/mol. The second-order valence-corrected chi connectivity index (χ2v) is 10.6. The fourth-order valence-corrected chi connectivity index (χ4v) is 6.07. The Morgan fingerprint density at radius 2 is 1.69 bits per heavy atom. The first-order chi connectivity index (χ1) is 17.5. The van der Waals surface area contributed by atoms with Crippen molar-refractivity contribution in [2.75, 3.05) is 0 Å². The number of nitrogens with zero attached hydrogens (tertiary/aromatic N) is 4. The van der Waals surface area contributed by atoms with Crippen LogP contribution in [0, 0.1) is 5.92 Å². The van der Waals surface area contributed by atoms with Crippen LogP contribution in [0.5, 0.6) is 0 Å². The van der Waals surface area contributed by atoms with Gasteiger partial charge < -0.3 is 10.8 Å². The number of nitrogens with two attached hydrogens (primary N) is 1. The molecule has 0 radical (unpaired) electrons. The second kappa shape index (κ2) is 7.69. The van der Waals surface area contributed by atoms with E-state index in [1.54, 1.807) is 0 Å². The summed E-state index contributed by atoms with van der Waals surface area (Å²) < 4.78 is 2.11. The van der Waals surface area contributed by atoms with E-state index in [9.17, 15) is 5.11 Å². The maximum atomic E-state index is 10.8. The topological polar surface area (TPSA) is 89.3 Å². The molecule has 7 rings (SSSR count).